The number of hydrogen-bond acceptors (Lipinski definition) is 1. The zero-order valence-electron chi connectivity index (χ0n) is 9.00. The predicted octanol–water partition coefficient (Wildman–Crippen LogP) is 4.22. The fraction of sp³-hybridized carbons (Fsp3) is 0.0769. The maximum atomic E-state index is 13.0. The smallest absolute Gasteiger partial charge is 0.420 e. The van der Waals surface area contributed by atoms with Crippen LogP contribution in [0.3, 0.4) is 0 Å². The Morgan fingerprint density at radius 1 is 0.944 bits per heavy atom. The number of halogens is 4. The SMILES string of the molecule is Oc1cccc(-c2cccc(F)c2)c1C(F)(F)F. The second-order valence-electron chi connectivity index (χ2n) is 3.71. The standard InChI is InChI=1S/C13H8F4O/c14-9-4-1-3-8(7-9)10-5-2-6-11(18)12(10)13(15,16)17/h1-7,18H. The number of phenolic OH excluding ortho intramolecular Hbond substituents is 1. The molecular formula is C13H8F4O. The molecule has 0 heterocycles. The van der Waals surface area contributed by atoms with E-state index in [2.05, 4.69) is 0 Å². The predicted molar refractivity (Wildman–Crippen MR) is 58.5 cm³/mol. The first-order chi connectivity index (χ1) is 8.39. The lowest BCUT2D eigenvalue weighted by Gasteiger charge is -2.14. The Morgan fingerprint density at radius 2 is 1.61 bits per heavy atom. The fourth-order valence-electron chi connectivity index (χ4n) is 1.73. The van der Waals surface area contributed by atoms with Gasteiger partial charge in [-0.15, -0.1) is 0 Å². The third-order valence-electron chi connectivity index (χ3n) is 2.46. The Morgan fingerprint density at radius 3 is 2.22 bits per heavy atom. The number of aromatic hydroxyl groups is 1. The topological polar surface area (TPSA) is 20.2 Å². The third kappa shape index (κ3) is 2.30. The second kappa shape index (κ2) is 4.33. The van der Waals surface area contributed by atoms with E-state index < -0.39 is 23.3 Å². The molecule has 0 aliphatic rings. The monoisotopic (exact) mass is 256 g/mol. The Hall–Kier alpha value is -2.04. The van der Waals surface area contributed by atoms with Gasteiger partial charge in [-0.3, -0.25) is 0 Å². The Balaban J connectivity index is 2.69. The van der Waals surface area contributed by atoms with Crippen molar-refractivity contribution in [3.8, 4) is 16.9 Å². The minimum Gasteiger partial charge on any atom is -0.507 e. The van der Waals surface area contributed by atoms with E-state index in [1.165, 1.54) is 24.3 Å². The zero-order valence-corrected chi connectivity index (χ0v) is 9.00. The Kier molecular flexibility index (Phi) is 2.98. The highest BCUT2D eigenvalue weighted by Gasteiger charge is 2.36. The van der Waals surface area contributed by atoms with Crippen molar-refractivity contribution >= 4 is 0 Å². The van der Waals surface area contributed by atoms with E-state index in [1.54, 1.807) is 0 Å². The summed E-state index contributed by atoms with van der Waals surface area (Å²) in [6.45, 7) is 0. The van der Waals surface area contributed by atoms with Gasteiger partial charge < -0.3 is 5.11 Å². The summed E-state index contributed by atoms with van der Waals surface area (Å²) < 4.78 is 51.6. The first-order valence-electron chi connectivity index (χ1n) is 5.04. The van der Waals surface area contributed by atoms with E-state index >= 15 is 0 Å². The molecule has 0 aliphatic heterocycles. The molecule has 2 aromatic rings. The summed E-state index contributed by atoms with van der Waals surface area (Å²) in [4.78, 5) is 0. The van der Waals surface area contributed by atoms with Crippen LogP contribution in [0.2, 0.25) is 0 Å². The van der Waals surface area contributed by atoms with Crippen molar-refractivity contribution in [1.82, 2.24) is 0 Å². The van der Waals surface area contributed by atoms with Gasteiger partial charge in [-0.2, -0.15) is 13.2 Å². The number of benzene rings is 2. The number of phenols is 1. The molecule has 2 aromatic carbocycles. The zero-order chi connectivity index (χ0) is 13.3. The van der Waals surface area contributed by atoms with Crippen LogP contribution in [0.1, 0.15) is 5.56 Å². The van der Waals surface area contributed by atoms with Crippen molar-refractivity contribution in [1.29, 1.82) is 0 Å². The van der Waals surface area contributed by atoms with Gasteiger partial charge in [0.15, 0.2) is 0 Å². The van der Waals surface area contributed by atoms with Gasteiger partial charge in [-0.1, -0.05) is 24.3 Å². The summed E-state index contributed by atoms with van der Waals surface area (Å²) in [6.07, 6.45) is -4.70. The van der Waals surface area contributed by atoms with Crippen molar-refractivity contribution in [2.45, 2.75) is 6.18 Å². The third-order valence-corrected chi connectivity index (χ3v) is 2.46. The van der Waals surface area contributed by atoms with Crippen molar-refractivity contribution in [3.05, 3.63) is 53.8 Å². The van der Waals surface area contributed by atoms with Gasteiger partial charge in [0.2, 0.25) is 0 Å². The van der Waals surface area contributed by atoms with Crippen LogP contribution in [0, 0.1) is 5.82 Å². The summed E-state index contributed by atoms with van der Waals surface area (Å²) in [7, 11) is 0. The van der Waals surface area contributed by atoms with Crippen LogP contribution in [-0.4, -0.2) is 5.11 Å². The Bertz CT molecular complexity index is 575. The van der Waals surface area contributed by atoms with Crippen LogP contribution in [0.25, 0.3) is 11.1 Å². The molecule has 2 rings (SSSR count). The summed E-state index contributed by atoms with van der Waals surface area (Å²) in [6, 6.07) is 8.22. The fourth-order valence-corrected chi connectivity index (χ4v) is 1.73. The molecule has 0 saturated carbocycles. The first kappa shape index (κ1) is 12.4. The minimum atomic E-state index is -4.70. The quantitative estimate of drug-likeness (QED) is 0.757. The molecule has 0 radical (unpaired) electrons. The largest absolute Gasteiger partial charge is 0.507 e. The van der Waals surface area contributed by atoms with Gasteiger partial charge in [0.05, 0.1) is 0 Å². The molecule has 94 valence electrons. The molecular weight excluding hydrogens is 248 g/mol. The molecule has 0 amide bonds. The maximum Gasteiger partial charge on any atom is 0.420 e. The highest BCUT2D eigenvalue weighted by molar-refractivity contribution is 5.70. The van der Waals surface area contributed by atoms with Crippen LogP contribution in [0.4, 0.5) is 17.6 Å². The lowest BCUT2D eigenvalue weighted by atomic mass is 9.98. The van der Waals surface area contributed by atoms with Crippen molar-refractivity contribution in [3.63, 3.8) is 0 Å². The van der Waals surface area contributed by atoms with Crippen LogP contribution in [0.5, 0.6) is 5.75 Å². The number of hydrogen-bond donors (Lipinski definition) is 1. The van der Waals surface area contributed by atoms with E-state index in [9.17, 15) is 22.7 Å². The average molecular weight is 256 g/mol. The highest BCUT2D eigenvalue weighted by atomic mass is 19.4. The molecule has 5 heteroatoms. The van der Waals surface area contributed by atoms with E-state index in [1.807, 2.05) is 0 Å². The van der Waals surface area contributed by atoms with Gasteiger partial charge >= 0.3 is 6.18 Å². The van der Waals surface area contributed by atoms with E-state index in [-0.39, 0.29) is 11.1 Å². The molecule has 0 bridgehead atoms. The molecule has 1 nitrogen and oxygen atoms in total. The molecule has 0 aromatic heterocycles. The molecule has 1 N–H and O–H groups in total. The molecule has 0 atom stereocenters. The lowest BCUT2D eigenvalue weighted by molar-refractivity contribution is -0.138. The lowest BCUT2D eigenvalue weighted by Crippen LogP contribution is -2.07. The number of alkyl halides is 3. The Labute approximate surface area is 100 Å². The normalized spacial score (nSPS) is 11.6. The minimum absolute atomic E-state index is 0.0678. The van der Waals surface area contributed by atoms with Crippen molar-refractivity contribution in [2.24, 2.45) is 0 Å². The van der Waals surface area contributed by atoms with Crippen molar-refractivity contribution in [2.75, 3.05) is 0 Å². The van der Waals surface area contributed by atoms with Gasteiger partial charge in [-0.05, 0) is 29.3 Å². The van der Waals surface area contributed by atoms with Crippen LogP contribution in [0.15, 0.2) is 42.5 Å². The van der Waals surface area contributed by atoms with E-state index in [4.69, 9.17) is 0 Å². The summed E-state index contributed by atoms with van der Waals surface area (Å²) in [5.74, 6) is -1.51. The van der Waals surface area contributed by atoms with Crippen molar-refractivity contribution < 1.29 is 22.7 Å². The van der Waals surface area contributed by atoms with Crippen LogP contribution in [-0.2, 0) is 6.18 Å². The van der Waals surface area contributed by atoms with Gasteiger partial charge in [0, 0.05) is 0 Å². The molecule has 0 fully saturated rings. The number of rotatable bonds is 1. The summed E-state index contributed by atoms with van der Waals surface area (Å²) >= 11 is 0. The van der Waals surface area contributed by atoms with E-state index in [0.717, 1.165) is 18.2 Å². The van der Waals surface area contributed by atoms with Crippen LogP contribution < -0.4 is 0 Å². The maximum absolute atomic E-state index is 13.0. The molecule has 0 unspecified atom stereocenters. The summed E-state index contributed by atoms with van der Waals surface area (Å²) in [5.41, 5.74) is -1.34. The van der Waals surface area contributed by atoms with E-state index in [0.29, 0.717) is 0 Å². The highest BCUT2D eigenvalue weighted by Crippen LogP contribution is 2.42. The van der Waals surface area contributed by atoms with Gasteiger partial charge in [0.25, 0.3) is 0 Å². The second-order valence-corrected chi connectivity index (χ2v) is 3.71. The van der Waals surface area contributed by atoms with Gasteiger partial charge in [0.1, 0.15) is 17.1 Å². The summed E-state index contributed by atoms with van der Waals surface area (Å²) in [5, 5.41) is 9.34. The molecule has 18 heavy (non-hydrogen) atoms. The average Bonchev–Trinajstić information content (AvgIpc) is 2.27. The molecule has 0 saturated heterocycles. The molecule has 0 aliphatic carbocycles. The first-order valence-corrected chi connectivity index (χ1v) is 5.04. The van der Waals surface area contributed by atoms with Gasteiger partial charge in [-0.25, -0.2) is 4.39 Å². The molecule has 0 spiro atoms. The van der Waals surface area contributed by atoms with Crippen LogP contribution >= 0.6 is 0 Å².